The standard InChI is InChI=1S/C20H23N3O5/c1-14(21-20(26)28-13-16-10-6-3-7-11-16)18(24)22-17(19(25)23-27)12-15-8-4-2-5-9-15/h2-11,14,17,27H,12-13H2,1H3,(H,21,26)(H,22,24)(H,23,25). The summed E-state index contributed by atoms with van der Waals surface area (Å²) in [6, 6.07) is 16.2. The average Bonchev–Trinajstić information content (AvgIpc) is 2.72. The van der Waals surface area contributed by atoms with Gasteiger partial charge in [-0.15, -0.1) is 0 Å². The number of carbonyl (C=O) groups is 3. The second kappa shape index (κ2) is 10.7. The lowest BCUT2D eigenvalue weighted by atomic mass is 10.1. The molecule has 0 aliphatic rings. The third kappa shape index (κ3) is 6.73. The minimum absolute atomic E-state index is 0.0740. The zero-order chi connectivity index (χ0) is 20.4. The van der Waals surface area contributed by atoms with E-state index in [-0.39, 0.29) is 13.0 Å². The van der Waals surface area contributed by atoms with E-state index in [4.69, 9.17) is 9.94 Å². The van der Waals surface area contributed by atoms with Crippen molar-refractivity contribution in [2.75, 3.05) is 0 Å². The largest absolute Gasteiger partial charge is 0.445 e. The summed E-state index contributed by atoms with van der Waals surface area (Å²) in [6.45, 7) is 1.54. The normalized spacial score (nSPS) is 12.4. The Morgan fingerprint density at radius 3 is 2.04 bits per heavy atom. The molecule has 0 aliphatic carbocycles. The van der Waals surface area contributed by atoms with Crippen molar-refractivity contribution in [3.63, 3.8) is 0 Å². The summed E-state index contributed by atoms with van der Waals surface area (Å²) in [4.78, 5) is 36.1. The van der Waals surface area contributed by atoms with Crippen LogP contribution in [0.1, 0.15) is 18.1 Å². The van der Waals surface area contributed by atoms with E-state index in [1.165, 1.54) is 6.92 Å². The molecule has 4 N–H and O–H groups in total. The van der Waals surface area contributed by atoms with E-state index >= 15 is 0 Å². The second-order valence-corrected chi connectivity index (χ2v) is 6.15. The fourth-order valence-corrected chi connectivity index (χ4v) is 2.44. The van der Waals surface area contributed by atoms with Crippen LogP contribution in [-0.2, 0) is 27.4 Å². The highest BCUT2D eigenvalue weighted by Gasteiger charge is 2.24. The van der Waals surface area contributed by atoms with Crippen LogP contribution >= 0.6 is 0 Å². The van der Waals surface area contributed by atoms with Crippen LogP contribution < -0.4 is 16.1 Å². The smallest absolute Gasteiger partial charge is 0.408 e. The summed E-state index contributed by atoms with van der Waals surface area (Å²) in [5.74, 6) is -1.34. The highest BCUT2D eigenvalue weighted by Crippen LogP contribution is 2.04. The van der Waals surface area contributed by atoms with Crippen molar-refractivity contribution in [2.24, 2.45) is 0 Å². The number of ether oxygens (including phenoxy) is 1. The van der Waals surface area contributed by atoms with E-state index in [9.17, 15) is 14.4 Å². The molecule has 3 amide bonds. The Morgan fingerprint density at radius 1 is 0.893 bits per heavy atom. The molecule has 0 saturated heterocycles. The summed E-state index contributed by atoms with van der Waals surface area (Å²) < 4.78 is 5.07. The fraction of sp³-hybridized carbons (Fsp3) is 0.250. The van der Waals surface area contributed by atoms with Gasteiger partial charge in [0, 0.05) is 6.42 Å². The summed E-state index contributed by atoms with van der Waals surface area (Å²) >= 11 is 0. The van der Waals surface area contributed by atoms with E-state index in [1.54, 1.807) is 29.7 Å². The fourth-order valence-electron chi connectivity index (χ4n) is 2.44. The van der Waals surface area contributed by atoms with Gasteiger partial charge in [-0.25, -0.2) is 10.3 Å². The Bertz CT molecular complexity index is 783. The molecule has 2 unspecified atom stereocenters. The van der Waals surface area contributed by atoms with Crippen molar-refractivity contribution < 1.29 is 24.3 Å². The lowest BCUT2D eigenvalue weighted by molar-refractivity contribution is -0.135. The van der Waals surface area contributed by atoms with Gasteiger partial charge in [0.05, 0.1) is 0 Å². The topological polar surface area (TPSA) is 117 Å². The Morgan fingerprint density at radius 2 is 1.46 bits per heavy atom. The quantitative estimate of drug-likeness (QED) is 0.406. The van der Waals surface area contributed by atoms with Gasteiger partial charge in [-0.3, -0.25) is 14.8 Å². The van der Waals surface area contributed by atoms with Gasteiger partial charge in [-0.2, -0.15) is 0 Å². The zero-order valence-electron chi connectivity index (χ0n) is 15.4. The molecule has 2 rings (SSSR count). The number of rotatable bonds is 8. The number of carbonyl (C=O) groups excluding carboxylic acids is 3. The van der Waals surface area contributed by atoms with Crippen molar-refractivity contribution in [1.29, 1.82) is 0 Å². The first-order valence-electron chi connectivity index (χ1n) is 8.75. The number of nitrogens with one attached hydrogen (secondary N) is 3. The molecule has 2 aromatic rings. The number of hydrogen-bond donors (Lipinski definition) is 4. The molecule has 8 heteroatoms. The van der Waals surface area contributed by atoms with Crippen LogP contribution in [0, 0.1) is 0 Å². The minimum atomic E-state index is -0.996. The molecule has 0 aliphatic heterocycles. The van der Waals surface area contributed by atoms with Gasteiger partial charge in [0.2, 0.25) is 5.91 Å². The van der Waals surface area contributed by atoms with Crippen molar-refractivity contribution in [3.05, 3.63) is 71.8 Å². The Balaban J connectivity index is 1.87. The van der Waals surface area contributed by atoms with Crippen LogP contribution in [0.15, 0.2) is 60.7 Å². The molecule has 0 radical (unpaired) electrons. The van der Waals surface area contributed by atoms with E-state index in [0.29, 0.717) is 0 Å². The molecule has 0 bridgehead atoms. The number of benzene rings is 2. The van der Waals surface area contributed by atoms with Crippen molar-refractivity contribution in [3.8, 4) is 0 Å². The van der Waals surface area contributed by atoms with Gasteiger partial charge in [0.15, 0.2) is 0 Å². The first kappa shape index (κ1) is 20.9. The van der Waals surface area contributed by atoms with Gasteiger partial charge in [-0.05, 0) is 18.1 Å². The molecule has 0 fully saturated rings. The number of amides is 3. The SMILES string of the molecule is CC(NC(=O)OCc1ccccc1)C(=O)NC(Cc1ccccc1)C(=O)NO. The molecule has 0 spiro atoms. The molecule has 2 atom stereocenters. The maximum Gasteiger partial charge on any atom is 0.408 e. The van der Waals surface area contributed by atoms with E-state index in [2.05, 4.69) is 10.6 Å². The van der Waals surface area contributed by atoms with E-state index in [0.717, 1.165) is 11.1 Å². The molecule has 28 heavy (non-hydrogen) atoms. The first-order chi connectivity index (χ1) is 13.5. The molecule has 0 saturated carbocycles. The summed E-state index contributed by atoms with van der Waals surface area (Å²) in [6.07, 6.45) is -0.567. The van der Waals surface area contributed by atoms with Crippen molar-refractivity contribution >= 4 is 17.9 Å². The molecule has 0 heterocycles. The minimum Gasteiger partial charge on any atom is -0.445 e. The van der Waals surface area contributed by atoms with Crippen LogP contribution in [0.25, 0.3) is 0 Å². The monoisotopic (exact) mass is 385 g/mol. The zero-order valence-corrected chi connectivity index (χ0v) is 15.4. The molecular weight excluding hydrogens is 362 g/mol. The van der Waals surface area contributed by atoms with Gasteiger partial charge < -0.3 is 15.4 Å². The predicted octanol–water partition coefficient (Wildman–Crippen LogP) is 1.53. The van der Waals surface area contributed by atoms with Gasteiger partial charge in [0.25, 0.3) is 5.91 Å². The molecule has 0 aromatic heterocycles. The Kier molecular flexibility index (Phi) is 7.98. The maximum absolute atomic E-state index is 12.3. The van der Waals surface area contributed by atoms with E-state index < -0.39 is 30.0 Å². The number of alkyl carbamates (subject to hydrolysis) is 1. The van der Waals surface area contributed by atoms with E-state index in [1.807, 2.05) is 36.4 Å². The Labute approximate surface area is 162 Å². The lowest BCUT2D eigenvalue weighted by Crippen LogP contribution is -2.53. The Hall–Kier alpha value is -3.39. The first-order valence-corrected chi connectivity index (χ1v) is 8.75. The van der Waals surface area contributed by atoms with Crippen LogP contribution in [0.2, 0.25) is 0 Å². The van der Waals surface area contributed by atoms with Crippen LogP contribution in [0.4, 0.5) is 4.79 Å². The molecular formula is C20H23N3O5. The van der Waals surface area contributed by atoms with Crippen LogP contribution in [0.3, 0.4) is 0 Å². The predicted molar refractivity (Wildman–Crippen MR) is 101 cm³/mol. The number of hydroxylamine groups is 1. The van der Waals surface area contributed by atoms with Crippen molar-refractivity contribution in [1.82, 2.24) is 16.1 Å². The van der Waals surface area contributed by atoms with Gasteiger partial charge in [-0.1, -0.05) is 60.7 Å². The lowest BCUT2D eigenvalue weighted by Gasteiger charge is -2.20. The highest BCUT2D eigenvalue weighted by molar-refractivity contribution is 5.90. The third-order valence-electron chi connectivity index (χ3n) is 3.97. The molecule has 2 aromatic carbocycles. The van der Waals surface area contributed by atoms with Gasteiger partial charge >= 0.3 is 6.09 Å². The van der Waals surface area contributed by atoms with Crippen LogP contribution in [0.5, 0.6) is 0 Å². The molecule has 8 nitrogen and oxygen atoms in total. The molecule has 148 valence electrons. The van der Waals surface area contributed by atoms with Crippen LogP contribution in [-0.4, -0.2) is 35.2 Å². The summed E-state index contributed by atoms with van der Waals surface area (Å²) in [5, 5.41) is 13.8. The van der Waals surface area contributed by atoms with Gasteiger partial charge in [0.1, 0.15) is 18.7 Å². The summed E-state index contributed by atoms with van der Waals surface area (Å²) in [7, 11) is 0. The summed E-state index contributed by atoms with van der Waals surface area (Å²) in [5.41, 5.74) is 3.16. The maximum atomic E-state index is 12.3. The average molecular weight is 385 g/mol. The highest BCUT2D eigenvalue weighted by atomic mass is 16.5. The number of hydrogen-bond acceptors (Lipinski definition) is 5. The van der Waals surface area contributed by atoms with Crippen molar-refractivity contribution in [2.45, 2.75) is 32.0 Å². The third-order valence-corrected chi connectivity index (χ3v) is 3.97. The second-order valence-electron chi connectivity index (χ2n) is 6.15.